The Labute approximate surface area is 151 Å². The molecule has 1 unspecified atom stereocenters. The van der Waals surface area contributed by atoms with Crippen LogP contribution in [0.15, 0.2) is 30.3 Å². The van der Waals surface area contributed by atoms with Crippen LogP contribution in [0, 0.1) is 0 Å². The fourth-order valence-electron chi connectivity index (χ4n) is 2.05. The lowest BCUT2D eigenvalue weighted by molar-refractivity contribution is -0.291. The highest BCUT2D eigenvalue weighted by Gasteiger charge is 2.16. The molecule has 0 aromatic heterocycles. The van der Waals surface area contributed by atoms with Crippen molar-refractivity contribution in [3.8, 4) is 5.75 Å². The Hall–Kier alpha value is -1.19. The van der Waals surface area contributed by atoms with Gasteiger partial charge in [0.2, 0.25) is 6.29 Å². The van der Waals surface area contributed by atoms with E-state index in [2.05, 4.69) is 11.3 Å². The molecule has 0 aliphatic carbocycles. The van der Waals surface area contributed by atoms with E-state index in [1.54, 1.807) is 24.3 Å². The van der Waals surface area contributed by atoms with Gasteiger partial charge in [-0.25, -0.2) is 4.18 Å². The van der Waals surface area contributed by atoms with Crippen LogP contribution in [0.3, 0.4) is 0 Å². The summed E-state index contributed by atoms with van der Waals surface area (Å²) in [5, 5.41) is 0. The van der Waals surface area contributed by atoms with Crippen LogP contribution in [0.5, 0.6) is 5.75 Å². The van der Waals surface area contributed by atoms with E-state index in [-0.39, 0.29) is 12.8 Å². The summed E-state index contributed by atoms with van der Waals surface area (Å²) >= 11 is 0. The van der Waals surface area contributed by atoms with Crippen molar-refractivity contribution < 1.29 is 26.6 Å². The zero-order chi connectivity index (χ0) is 17.7. The van der Waals surface area contributed by atoms with Gasteiger partial charge >= 0.3 is 10.4 Å². The van der Waals surface area contributed by atoms with Crippen molar-refractivity contribution in [1.82, 2.24) is 6.15 Å². The van der Waals surface area contributed by atoms with E-state index >= 15 is 0 Å². The van der Waals surface area contributed by atoms with Crippen LogP contribution in [0.2, 0.25) is 0 Å². The van der Waals surface area contributed by atoms with E-state index in [4.69, 9.17) is 13.8 Å². The minimum absolute atomic E-state index is 0. The molecule has 25 heavy (non-hydrogen) atoms. The van der Waals surface area contributed by atoms with Crippen LogP contribution >= 0.6 is 0 Å². The second-order valence-electron chi connectivity index (χ2n) is 5.51. The molecular weight excluding hydrogens is 346 g/mol. The maximum Gasteiger partial charge on any atom is 0.426 e. The topological polar surface area (TPSA) is 106 Å². The zero-order valence-electron chi connectivity index (χ0n) is 15.2. The van der Waals surface area contributed by atoms with Gasteiger partial charge in [0.05, 0.1) is 6.61 Å². The Morgan fingerprint density at radius 2 is 1.56 bits per heavy atom. The average Bonchev–Trinajstić information content (AvgIpc) is 2.56. The first-order valence-electron chi connectivity index (χ1n) is 8.49. The van der Waals surface area contributed by atoms with E-state index < -0.39 is 16.7 Å². The van der Waals surface area contributed by atoms with Crippen LogP contribution in [0.25, 0.3) is 0 Å². The van der Waals surface area contributed by atoms with Crippen molar-refractivity contribution in [3.63, 3.8) is 0 Å². The number of unbranched alkanes of at least 4 members (excludes halogenated alkanes) is 6. The molecule has 0 aliphatic heterocycles. The maximum absolute atomic E-state index is 11.5. The third-order valence-electron chi connectivity index (χ3n) is 3.28. The molecule has 0 heterocycles. The monoisotopic (exact) mass is 377 g/mol. The highest BCUT2D eigenvalue weighted by Crippen LogP contribution is 2.12. The summed E-state index contributed by atoms with van der Waals surface area (Å²) in [6, 6.07) is 8.89. The molecule has 1 aromatic rings. The molecule has 0 saturated carbocycles. The van der Waals surface area contributed by atoms with E-state index in [1.165, 1.54) is 32.6 Å². The Kier molecular flexibility index (Phi) is 13.4. The second-order valence-corrected chi connectivity index (χ2v) is 6.70. The number of hydrogen-bond acceptors (Lipinski definition) is 7. The number of ether oxygens (including phenoxy) is 1. The van der Waals surface area contributed by atoms with Crippen molar-refractivity contribution in [2.75, 3.05) is 6.61 Å². The van der Waals surface area contributed by atoms with Gasteiger partial charge in [-0.05, 0) is 18.6 Å². The van der Waals surface area contributed by atoms with Gasteiger partial charge in [0.15, 0.2) is 0 Å². The first-order chi connectivity index (χ1) is 11.5. The Bertz CT molecular complexity index is 523. The lowest BCUT2D eigenvalue weighted by Crippen LogP contribution is -2.20. The third kappa shape index (κ3) is 12.8. The summed E-state index contributed by atoms with van der Waals surface area (Å²) in [7, 11) is -4.17. The molecule has 0 radical (unpaired) electrons. The number of para-hydroxylation sites is 1. The zero-order valence-corrected chi connectivity index (χ0v) is 16.0. The molecule has 0 bridgehead atoms. The molecule has 0 spiro atoms. The third-order valence-corrected chi connectivity index (χ3v) is 3.98. The lowest BCUT2D eigenvalue weighted by atomic mass is 10.1. The predicted molar refractivity (Wildman–Crippen MR) is 96.6 cm³/mol. The van der Waals surface area contributed by atoms with Crippen molar-refractivity contribution in [1.29, 1.82) is 0 Å². The highest BCUT2D eigenvalue weighted by atomic mass is 32.3. The van der Waals surface area contributed by atoms with E-state index in [1.807, 2.05) is 6.07 Å². The average molecular weight is 378 g/mol. The van der Waals surface area contributed by atoms with E-state index in [0.717, 1.165) is 12.8 Å². The van der Waals surface area contributed by atoms with E-state index in [0.29, 0.717) is 12.2 Å². The first kappa shape index (κ1) is 23.8. The molecular formula is C17H31NO6S. The van der Waals surface area contributed by atoms with Gasteiger partial charge in [-0.1, -0.05) is 68.0 Å². The van der Waals surface area contributed by atoms with Gasteiger partial charge < -0.3 is 10.9 Å². The molecule has 1 atom stereocenters. The van der Waals surface area contributed by atoms with Gasteiger partial charge in [-0.2, -0.15) is 13.3 Å². The second kappa shape index (κ2) is 14.0. The largest absolute Gasteiger partial charge is 0.462 e. The predicted octanol–water partition coefficient (Wildman–Crippen LogP) is 4.53. The quantitative estimate of drug-likeness (QED) is 0.220. The van der Waals surface area contributed by atoms with Gasteiger partial charge in [0.1, 0.15) is 5.75 Å². The number of rotatable bonds is 14. The van der Waals surface area contributed by atoms with Crippen molar-refractivity contribution in [2.24, 2.45) is 0 Å². The molecule has 8 heteroatoms. The van der Waals surface area contributed by atoms with Crippen molar-refractivity contribution in [3.05, 3.63) is 30.3 Å². The number of hydrogen-bond donors (Lipinski definition) is 1. The van der Waals surface area contributed by atoms with Crippen LogP contribution in [0.1, 0.15) is 58.8 Å². The van der Waals surface area contributed by atoms with Crippen molar-refractivity contribution >= 4 is 10.4 Å². The molecule has 0 saturated heterocycles. The van der Waals surface area contributed by atoms with Crippen molar-refractivity contribution in [2.45, 2.75) is 65.1 Å². The van der Waals surface area contributed by atoms with Gasteiger partial charge in [0.25, 0.3) is 0 Å². The maximum atomic E-state index is 11.5. The normalized spacial score (nSPS) is 12.4. The van der Waals surface area contributed by atoms with Crippen LogP contribution in [0.4, 0.5) is 0 Å². The Balaban J connectivity index is 0.00000576. The first-order valence-corrected chi connectivity index (χ1v) is 9.83. The molecule has 1 rings (SSSR count). The van der Waals surface area contributed by atoms with Gasteiger partial charge in [-0.15, -0.1) is 0 Å². The SMILES string of the molecule is CCCCCCCCCOS(=O)(=O)OOC(C)Oc1ccccc1.N. The fraction of sp³-hybridized carbons (Fsp3) is 0.647. The molecule has 0 amide bonds. The summed E-state index contributed by atoms with van der Waals surface area (Å²) in [6.45, 7) is 3.79. The summed E-state index contributed by atoms with van der Waals surface area (Å²) in [4.78, 5) is 4.70. The van der Waals surface area contributed by atoms with Gasteiger partial charge in [0, 0.05) is 6.92 Å². The van der Waals surface area contributed by atoms with Gasteiger partial charge in [-0.3, -0.25) is 0 Å². The molecule has 1 aromatic carbocycles. The van der Waals surface area contributed by atoms with E-state index in [9.17, 15) is 8.42 Å². The molecule has 0 fully saturated rings. The summed E-state index contributed by atoms with van der Waals surface area (Å²) in [5.41, 5.74) is 0. The van der Waals surface area contributed by atoms with Crippen LogP contribution < -0.4 is 10.9 Å². The minimum Gasteiger partial charge on any atom is -0.462 e. The fourth-order valence-corrected chi connectivity index (χ4v) is 2.62. The molecule has 146 valence electrons. The van der Waals surface area contributed by atoms with Crippen LogP contribution in [-0.2, 0) is 23.8 Å². The van der Waals surface area contributed by atoms with Crippen LogP contribution in [-0.4, -0.2) is 21.3 Å². The molecule has 3 N–H and O–H groups in total. The highest BCUT2D eigenvalue weighted by molar-refractivity contribution is 7.81. The summed E-state index contributed by atoms with van der Waals surface area (Å²) in [6.07, 6.45) is 6.68. The molecule has 7 nitrogen and oxygen atoms in total. The summed E-state index contributed by atoms with van der Waals surface area (Å²) in [5.74, 6) is 0.551. The standard InChI is InChI=1S/C17H28O6S.H3N/c1-3-4-5-6-7-8-12-15-20-24(18,19)23-22-16(2)21-17-13-10-9-11-14-17;/h9-11,13-14,16H,3-8,12,15H2,1-2H3;1H3. The Morgan fingerprint density at radius 3 is 2.20 bits per heavy atom. The lowest BCUT2D eigenvalue weighted by Gasteiger charge is -2.13. The smallest absolute Gasteiger partial charge is 0.426 e. The molecule has 0 aliphatic rings. The Morgan fingerprint density at radius 1 is 0.960 bits per heavy atom. The minimum atomic E-state index is -4.17. The summed E-state index contributed by atoms with van der Waals surface area (Å²) < 4.78 is 37.5. The number of benzene rings is 1.